The Bertz CT molecular complexity index is 278. The summed E-state index contributed by atoms with van der Waals surface area (Å²) in [4.78, 5) is 0. The minimum Gasteiger partial charge on any atom is -0.252 e. The van der Waals surface area contributed by atoms with Gasteiger partial charge in [0.25, 0.3) is 0 Å². The van der Waals surface area contributed by atoms with Crippen LogP contribution >= 0.6 is 0 Å². The lowest BCUT2D eigenvalue weighted by atomic mass is 10.1. The Labute approximate surface area is 99.2 Å². The van der Waals surface area contributed by atoms with Crippen LogP contribution in [0.2, 0.25) is 0 Å². The molecule has 0 saturated heterocycles. The number of rotatable bonds is 8. The SMILES string of the molecule is CCCCCc1cn(CCCC(C)C)nn1. The van der Waals surface area contributed by atoms with Crippen molar-refractivity contribution in [1.29, 1.82) is 0 Å². The molecule has 0 radical (unpaired) electrons. The van der Waals surface area contributed by atoms with Gasteiger partial charge in [-0.3, -0.25) is 4.68 Å². The van der Waals surface area contributed by atoms with Gasteiger partial charge in [0.15, 0.2) is 0 Å². The van der Waals surface area contributed by atoms with Gasteiger partial charge < -0.3 is 0 Å². The van der Waals surface area contributed by atoms with E-state index >= 15 is 0 Å². The van der Waals surface area contributed by atoms with Crippen LogP contribution in [0.25, 0.3) is 0 Å². The van der Waals surface area contributed by atoms with Crippen molar-refractivity contribution < 1.29 is 0 Å². The maximum absolute atomic E-state index is 4.20. The highest BCUT2D eigenvalue weighted by Gasteiger charge is 2.01. The highest BCUT2D eigenvalue weighted by Crippen LogP contribution is 2.06. The number of hydrogen-bond acceptors (Lipinski definition) is 2. The van der Waals surface area contributed by atoms with Crippen molar-refractivity contribution in [1.82, 2.24) is 15.0 Å². The van der Waals surface area contributed by atoms with E-state index in [1.807, 2.05) is 4.68 Å². The van der Waals surface area contributed by atoms with Crippen molar-refractivity contribution in [3.05, 3.63) is 11.9 Å². The number of aromatic nitrogens is 3. The van der Waals surface area contributed by atoms with Gasteiger partial charge in [0.05, 0.1) is 5.69 Å². The molecule has 0 amide bonds. The van der Waals surface area contributed by atoms with E-state index in [-0.39, 0.29) is 0 Å². The predicted molar refractivity (Wildman–Crippen MR) is 67.3 cm³/mol. The van der Waals surface area contributed by atoms with Crippen molar-refractivity contribution in [2.45, 2.75) is 65.8 Å². The second kappa shape index (κ2) is 7.42. The minimum absolute atomic E-state index is 0.785. The summed E-state index contributed by atoms with van der Waals surface area (Å²) in [5.41, 5.74) is 1.15. The van der Waals surface area contributed by atoms with E-state index in [2.05, 4.69) is 37.3 Å². The Kier molecular flexibility index (Phi) is 6.12. The Morgan fingerprint density at radius 3 is 2.75 bits per heavy atom. The molecule has 1 heterocycles. The summed E-state index contributed by atoms with van der Waals surface area (Å²) in [7, 11) is 0. The molecule has 1 rings (SSSR count). The lowest BCUT2D eigenvalue weighted by molar-refractivity contribution is 0.482. The zero-order valence-corrected chi connectivity index (χ0v) is 10.9. The molecular formula is C13H25N3. The average molecular weight is 223 g/mol. The van der Waals surface area contributed by atoms with Gasteiger partial charge in [-0.2, -0.15) is 0 Å². The summed E-state index contributed by atoms with van der Waals surface area (Å²) in [6.45, 7) is 7.76. The van der Waals surface area contributed by atoms with Gasteiger partial charge in [-0.1, -0.05) is 38.8 Å². The number of nitrogens with zero attached hydrogens (tertiary/aromatic N) is 3. The first-order chi connectivity index (χ1) is 7.72. The highest BCUT2D eigenvalue weighted by molar-refractivity contribution is 4.92. The van der Waals surface area contributed by atoms with Crippen LogP contribution in [0, 0.1) is 5.92 Å². The molecule has 0 unspecified atom stereocenters. The average Bonchev–Trinajstić information content (AvgIpc) is 2.66. The molecule has 92 valence electrons. The van der Waals surface area contributed by atoms with Crippen LogP contribution in [-0.4, -0.2) is 15.0 Å². The molecule has 3 heteroatoms. The summed E-state index contributed by atoms with van der Waals surface area (Å²) in [5.74, 6) is 0.785. The maximum Gasteiger partial charge on any atom is 0.0827 e. The van der Waals surface area contributed by atoms with Crippen LogP contribution in [0.1, 0.15) is 58.6 Å². The standard InChI is InChI=1S/C13H25N3/c1-4-5-6-9-13-11-16(15-14-13)10-7-8-12(2)3/h11-12H,4-10H2,1-3H3. The van der Waals surface area contributed by atoms with Gasteiger partial charge in [0, 0.05) is 12.7 Å². The van der Waals surface area contributed by atoms with Gasteiger partial charge in [-0.05, 0) is 31.6 Å². The van der Waals surface area contributed by atoms with Crippen molar-refractivity contribution in [2.24, 2.45) is 5.92 Å². The van der Waals surface area contributed by atoms with E-state index in [0.29, 0.717) is 0 Å². The Hall–Kier alpha value is -0.860. The second-order valence-corrected chi connectivity index (χ2v) is 4.97. The predicted octanol–water partition coefficient (Wildman–Crippen LogP) is 3.45. The fraction of sp³-hybridized carbons (Fsp3) is 0.846. The fourth-order valence-corrected chi connectivity index (χ4v) is 1.78. The van der Waals surface area contributed by atoms with E-state index in [9.17, 15) is 0 Å². The third-order valence-corrected chi connectivity index (χ3v) is 2.79. The van der Waals surface area contributed by atoms with Crippen LogP contribution in [0.15, 0.2) is 6.20 Å². The number of hydrogen-bond donors (Lipinski definition) is 0. The molecule has 1 aromatic heterocycles. The van der Waals surface area contributed by atoms with Crippen molar-refractivity contribution in [3.8, 4) is 0 Å². The first kappa shape index (κ1) is 13.2. The van der Waals surface area contributed by atoms with E-state index in [0.717, 1.165) is 24.6 Å². The van der Waals surface area contributed by atoms with Crippen molar-refractivity contribution in [2.75, 3.05) is 0 Å². The third-order valence-electron chi connectivity index (χ3n) is 2.79. The van der Waals surface area contributed by atoms with E-state index in [1.54, 1.807) is 0 Å². The molecular weight excluding hydrogens is 198 g/mol. The topological polar surface area (TPSA) is 30.7 Å². The van der Waals surface area contributed by atoms with Gasteiger partial charge in [-0.25, -0.2) is 0 Å². The molecule has 1 aromatic rings. The molecule has 0 N–H and O–H groups in total. The zero-order chi connectivity index (χ0) is 11.8. The third kappa shape index (κ3) is 5.29. The smallest absolute Gasteiger partial charge is 0.0827 e. The molecule has 0 aliphatic rings. The molecule has 0 atom stereocenters. The van der Waals surface area contributed by atoms with Crippen molar-refractivity contribution >= 4 is 0 Å². The van der Waals surface area contributed by atoms with Crippen LogP contribution < -0.4 is 0 Å². The second-order valence-electron chi connectivity index (χ2n) is 4.97. The highest BCUT2D eigenvalue weighted by atomic mass is 15.4. The molecule has 0 aliphatic carbocycles. The molecule has 3 nitrogen and oxygen atoms in total. The van der Waals surface area contributed by atoms with Crippen molar-refractivity contribution in [3.63, 3.8) is 0 Å². The van der Waals surface area contributed by atoms with Gasteiger partial charge in [0.2, 0.25) is 0 Å². The molecule has 16 heavy (non-hydrogen) atoms. The van der Waals surface area contributed by atoms with Gasteiger partial charge >= 0.3 is 0 Å². The maximum atomic E-state index is 4.20. The molecule has 0 fully saturated rings. The quantitative estimate of drug-likeness (QED) is 0.632. The summed E-state index contributed by atoms with van der Waals surface area (Å²) >= 11 is 0. The Morgan fingerprint density at radius 2 is 2.06 bits per heavy atom. The van der Waals surface area contributed by atoms with Gasteiger partial charge in [-0.15, -0.1) is 5.10 Å². The summed E-state index contributed by atoms with van der Waals surface area (Å²) in [5, 5.41) is 8.36. The minimum atomic E-state index is 0.785. The largest absolute Gasteiger partial charge is 0.252 e. The van der Waals surface area contributed by atoms with Gasteiger partial charge in [0.1, 0.15) is 0 Å². The van der Waals surface area contributed by atoms with E-state index in [4.69, 9.17) is 0 Å². The van der Waals surface area contributed by atoms with Crippen LogP contribution in [-0.2, 0) is 13.0 Å². The van der Waals surface area contributed by atoms with Crippen LogP contribution in [0.4, 0.5) is 0 Å². The zero-order valence-electron chi connectivity index (χ0n) is 10.9. The molecule has 0 aliphatic heterocycles. The van der Waals surface area contributed by atoms with E-state index in [1.165, 1.54) is 32.1 Å². The monoisotopic (exact) mass is 223 g/mol. The first-order valence-electron chi connectivity index (χ1n) is 6.61. The first-order valence-corrected chi connectivity index (χ1v) is 6.61. The van der Waals surface area contributed by atoms with Crippen LogP contribution in [0.3, 0.4) is 0 Å². The number of aryl methyl sites for hydroxylation is 2. The number of unbranched alkanes of at least 4 members (excludes halogenated alkanes) is 2. The lowest BCUT2D eigenvalue weighted by Crippen LogP contribution is -2.00. The summed E-state index contributed by atoms with van der Waals surface area (Å²) < 4.78 is 1.99. The van der Waals surface area contributed by atoms with Crippen LogP contribution in [0.5, 0.6) is 0 Å². The lowest BCUT2D eigenvalue weighted by Gasteiger charge is -2.03. The fourth-order valence-electron chi connectivity index (χ4n) is 1.78. The molecule has 0 aromatic carbocycles. The Balaban J connectivity index is 2.22. The molecule has 0 spiro atoms. The summed E-state index contributed by atoms with van der Waals surface area (Å²) in [6.07, 6.45) is 9.46. The molecule has 0 bridgehead atoms. The Morgan fingerprint density at radius 1 is 1.25 bits per heavy atom. The normalized spacial score (nSPS) is 11.2. The van der Waals surface area contributed by atoms with E-state index < -0.39 is 0 Å². The summed E-state index contributed by atoms with van der Waals surface area (Å²) in [6, 6.07) is 0. The molecule has 0 saturated carbocycles.